The zero-order valence-electron chi connectivity index (χ0n) is 18.8. The van der Waals surface area contributed by atoms with Gasteiger partial charge in [-0.15, -0.1) is 0 Å². The molecule has 9 heteroatoms. The van der Waals surface area contributed by atoms with Crippen LogP contribution in [0.5, 0.6) is 5.75 Å². The van der Waals surface area contributed by atoms with E-state index in [1.807, 2.05) is 23.1 Å². The molecule has 2 heterocycles. The van der Waals surface area contributed by atoms with Gasteiger partial charge in [0.1, 0.15) is 5.75 Å². The minimum absolute atomic E-state index is 0.0277. The van der Waals surface area contributed by atoms with Crippen LogP contribution in [0.1, 0.15) is 18.4 Å². The molecule has 0 aromatic heterocycles. The zero-order chi connectivity index (χ0) is 24.1. The summed E-state index contributed by atoms with van der Waals surface area (Å²) >= 11 is 0. The molecule has 6 nitrogen and oxygen atoms in total. The van der Waals surface area contributed by atoms with Crippen LogP contribution in [0.3, 0.4) is 0 Å². The largest absolute Gasteiger partial charge is 0.484 e. The van der Waals surface area contributed by atoms with Crippen molar-refractivity contribution in [2.75, 3.05) is 50.8 Å². The van der Waals surface area contributed by atoms with E-state index in [4.69, 9.17) is 4.74 Å². The lowest BCUT2D eigenvalue weighted by Crippen LogP contribution is -2.52. The molecular weight excluding hydrogens is 447 g/mol. The molecule has 0 unspecified atom stereocenters. The number of alkyl halides is 3. The maximum Gasteiger partial charge on any atom is 0.416 e. The molecule has 2 amide bonds. The van der Waals surface area contributed by atoms with Crippen molar-refractivity contribution in [1.82, 2.24) is 9.80 Å². The Kier molecular flexibility index (Phi) is 7.29. The number of rotatable bonds is 5. The van der Waals surface area contributed by atoms with E-state index in [9.17, 15) is 22.8 Å². The fourth-order valence-corrected chi connectivity index (χ4v) is 4.45. The highest BCUT2D eigenvalue weighted by molar-refractivity contribution is 5.81. The van der Waals surface area contributed by atoms with Crippen LogP contribution in [0.15, 0.2) is 54.6 Å². The molecule has 2 saturated heterocycles. The average Bonchev–Trinajstić information content (AvgIpc) is 2.87. The summed E-state index contributed by atoms with van der Waals surface area (Å²) < 4.78 is 44.5. The fourth-order valence-electron chi connectivity index (χ4n) is 4.45. The standard InChI is InChI=1S/C25H28F3N3O3/c26-25(27,28)20-5-4-6-21(17-20)29-13-15-31(16-14-29)24(33)19-9-11-30(12-10-19)23(32)18-34-22-7-2-1-3-8-22/h1-8,17,19H,9-16,18H2. The highest BCUT2D eigenvalue weighted by Gasteiger charge is 2.33. The molecule has 0 atom stereocenters. The van der Waals surface area contributed by atoms with Crippen LogP contribution in [0.25, 0.3) is 0 Å². The number of anilines is 1. The first-order valence-corrected chi connectivity index (χ1v) is 11.5. The van der Waals surface area contributed by atoms with Crippen LogP contribution in [0, 0.1) is 5.92 Å². The van der Waals surface area contributed by atoms with Crippen molar-refractivity contribution in [2.24, 2.45) is 5.92 Å². The number of halogens is 3. The minimum Gasteiger partial charge on any atom is -0.484 e. The SMILES string of the molecule is O=C(COc1ccccc1)N1CCC(C(=O)N2CCN(c3cccc(C(F)(F)F)c3)CC2)CC1. The summed E-state index contributed by atoms with van der Waals surface area (Å²) in [5.74, 6) is 0.477. The van der Waals surface area contributed by atoms with Gasteiger partial charge in [0.2, 0.25) is 5.91 Å². The monoisotopic (exact) mass is 475 g/mol. The van der Waals surface area contributed by atoms with Gasteiger partial charge in [-0.3, -0.25) is 9.59 Å². The number of piperazine rings is 1. The molecule has 0 spiro atoms. The Morgan fingerprint density at radius 1 is 0.853 bits per heavy atom. The Labute approximate surface area is 196 Å². The first kappa shape index (κ1) is 23.9. The van der Waals surface area contributed by atoms with Gasteiger partial charge in [-0.1, -0.05) is 24.3 Å². The van der Waals surface area contributed by atoms with Gasteiger partial charge in [0.05, 0.1) is 5.56 Å². The lowest BCUT2D eigenvalue weighted by atomic mass is 9.95. The first-order valence-electron chi connectivity index (χ1n) is 11.5. The van der Waals surface area contributed by atoms with Crippen LogP contribution in [-0.4, -0.2) is 67.5 Å². The molecule has 182 valence electrons. The molecule has 4 rings (SSSR count). The molecule has 2 aromatic carbocycles. The van der Waals surface area contributed by atoms with Crippen molar-refractivity contribution < 1.29 is 27.5 Å². The molecule has 0 bridgehead atoms. The van der Waals surface area contributed by atoms with Gasteiger partial charge < -0.3 is 19.4 Å². The van der Waals surface area contributed by atoms with E-state index in [0.717, 1.165) is 12.1 Å². The smallest absolute Gasteiger partial charge is 0.416 e. The highest BCUT2D eigenvalue weighted by atomic mass is 19.4. The number of benzene rings is 2. The zero-order valence-corrected chi connectivity index (χ0v) is 18.8. The second kappa shape index (κ2) is 10.4. The molecule has 2 aliphatic heterocycles. The third kappa shape index (κ3) is 5.81. The van der Waals surface area contributed by atoms with Crippen LogP contribution in [0.4, 0.5) is 18.9 Å². The molecule has 2 aromatic rings. The van der Waals surface area contributed by atoms with Gasteiger partial charge in [0.25, 0.3) is 5.91 Å². The number of amides is 2. The van der Waals surface area contributed by atoms with Crippen molar-refractivity contribution >= 4 is 17.5 Å². The number of para-hydroxylation sites is 1. The van der Waals surface area contributed by atoms with Gasteiger partial charge in [0.15, 0.2) is 6.61 Å². The van der Waals surface area contributed by atoms with E-state index < -0.39 is 11.7 Å². The number of hydrogen-bond donors (Lipinski definition) is 0. The summed E-state index contributed by atoms with van der Waals surface area (Å²) in [6, 6.07) is 14.5. The number of carbonyl (C=O) groups is 2. The van der Waals surface area contributed by atoms with Gasteiger partial charge in [0, 0.05) is 50.9 Å². The Bertz CT molecular complexity index is 984. The van der Waals surface area contributed by atoms with Crippen LogP contribution >= 0.6 is 0 Å². The maximum absolute atomic E-state index is 13.0. The Balaban J connectivity index is 1.23. The quantitative estimate of drug-likeness (QED) is 0.662. The summed E-state index contributed by atoms with van der Waals surface area (Å²) in [7, 11) is 0. The third-order valence-corrected chi connectivity index (χ3v) is 6.43. The molecule has 0 N–H and O–H groups in total. The summed E-state index contributed by atoms with van der Waals surface area (Å²) in [6.45, 7) is 2.91. The topological polar surface area (TPSA) is 53.1 Å². The van der Waals surface area contributed by atoms with Crippen molar-refractivity contribution in [3.05, 3.63) is 60.2 Å². The summed E-state index contributed by atoms with van der Waals surface area (Å²) in [6.07, 6.45) is -3.18. The third-order valence-electron chi connectivity index (χ3n) is 6.43. The van der Waals surface area contributed by atoms with Crippen molar-refractivity contribution in [2.45, 2.75) is 19.0 Å². The van der Waals surface area contributed by atoms with Crippen molar-refractivity contribution in [3.8, 4) is 5.75 Å². The molecule has 0 radical (unpaired) electrons. The van der Waals surface area contributed by atoms with Crippen LogP contribution < -0.4 is 9.64 Å². The minimum atomic E-state index is -4.38. The molecule has 0 aliphatic carbocycles. The fraction of sp³-hybridized carbons (Fsp3) is 0.440. The average molecular weight is 476 g/mol. The molecule has 2 aliphatic rings. The van der Waals surface area contributed by atoms with Crippen molar-refractivity contribution in [1.29, 1.82) is 0 Å². The first-order chi connectivity index (χ1) is 16.3. The number of hydrogen-bond acceptors (Lipinski definition) is 4. The maximum atomic E-state index is 13.0. The van der Waals surface area contributed by atoms with Crippen LogP contribution in [-0.2, 0) is 15.8 Å². The normalized spacial score (nSPS) is 17.6. The molecule has 2 fully saturated rings. The summed E-state index contributed by atoms with van der Waals surface area (Å²) in [5.41, 5.74) is -0.148. The number of nitrogens with zero attached hydrogens (tertiary/aromatic N) is 3. The highest BCUT2D eigenvalue weighted by Crippen LogP contribution is 2.32. The predicted molar refractivity (Wildman–Crippen MR) is 121 cm³/mol. The van der Waals surface area contributed by atoms with E-state index in [-0.39, 0.29) is 24.3 Å². The summed E-state index contributed by atoms with van der Waals surface area (Å²) in [5, 5.41) is 0. The number of carbonyl (C=O) groups excluding carboxylic acids is 2. The number of ether oxygens (including phenoxy) is 1. The number of likely N-dealkylation sites (tertiary alicyclic amines) is 1. The molecular formula is C25H28F3N3O3. The molecule has 0 saturated carbocycles. The van der Waals surface area contributed by atoms with Gasteiger partial charge in [-0.05, 0) is 43.2 Å². The molecule has 34 heavy (non-hydrogen) atoms. The van der Waals surface area contributed by atoms with E-state index in [0.29, 0.717) is 63.5 Å². The van der Waals surface area contributed by atoms with E-state index in [2.05, 4.69) is 0 Å². The predicted octanol–water partition coefficient (Wildman–Crippen LogP) is 3.67. The second-order valence-electron chi connectivity index (χ2n) is 8.62. The lowest BCUT2D eigenvalue weighted by molar-refractivity contribution is -0.141. The van der Waals surface area contributed by atoms with E-state index >= 15 is 0 Å². The van der Waals surface area contributed by atoms with E-state index in [1.54, 1.807) is 28.0 Å². The van der Waals surface area contributed by atoms with Gasteiger partial charge in [-0.2, -0.15) is 13.2 Å². The van der Waals surface area contributed by atoms with Crippen LogP contribution in [0.2, 0.25) is 0 Å². The Morgan fingerprint density at radius 3 is 2.18 bits per heavy atom. The lowest BCUT2D eigenvalue weighted by Gasteiger charge is -2.39. The Morgan fingerprint density at radius 2 is 1.53 bits per heavy atom. The van der Waals surface area contributed by atoms with Gasteiger partial charge >= 0.3 is 6.18 Å². The van der Waals surface area contributed by atoms with E-state index in [1.165, 1.54) is 6.07 Å². The Hall–Kier alpha value is -3.23. The second-order valence-corrected chi connectivity index (χ2v) is 8.62. The van der Waals surface area contributed by atoms with Crippen molar-refractivity contribution in [3.63, 3.8) is 0 Å². The van der Waals surface area contributed by atoms with Gasteiger partial charge in [-0.25, -0.2) is 0 Å². The number of piperidine rings is 1. The summed E-state index contributed by atoms with van der Waals surface area (Å²) in [4.78, 5) is 30.8.